The summed E-state index contributed by atoms with van der Waals surface area (Å²) in [5.74, 6) is -1.24. The first-order chi connectivity index (χ1) is 18.1. The van der Waals surface area contributed by atoms with Crippen molar-refractivity contribution >= 4 is 52.3 Å². The van der Waals surface area contributed by atoms with Crippen LogP contribution in [0.2, 0.25) is 10.0 Å². The number of halogens is 2. The van der Waals surface area contributed by atoms with Gasteiger partial charge < -0.3 is 15.5 Å². The van der Waals surface area contributed by atoms with Gasteiger partial charge in [0.15, 0.2) is 0 Å². The minimum atomic E-state index is -0.508. The van der Waals surface area contributed by atoms with Crippen molar-refractivity contribution in [2.75, 3.05) is 24.7 Å². The molecule has 0 saturated heterocycles. The highest BCUT2D eigenvalue weighted by atomic mass is 35.5. The summed E-state index contributed by atoms with van der Waals surface area (Å²) in [6.45, 7) is 0. The van der Waals surface area contributed by atoms with Crippen LogP contribution in [0.4, 0.5) is 11.4 Å². The van der Waals surface area contributed by atoms with Crippen LogP contribution in [-0.4, -0.2) is 41.3 Å². The van der Waals surface area contributed by atoms with Crippen molar-refractivity contribution in [3.8, 4) is 5.69 Å². The van der Waals surface area contributed by atoms with Gasteiger partial charge in [-0.2, -0.15) is 0 Å². The quantitative estimate of drug-likeness (QED) is 0.339. The molecule has 0 fully saturated rings. The van der Waals surface area contributed by atoms with Crippen LogP contribution in [0.15, 0.2) is 89.9 Å². The molecule has 0 aliphatic rings. The lowest BCUT2D eigenvalue weighted by Crippen LogP contribution is -2.22. The summed E-state index contributed by atoms with van der Waals surface area (Å²) in [4.78, 5) is 52.0. The molecular formula is C28H22Cl2N4O4. The van der Waals surface area contributed by atoms with E-state index in [1.807, 2.05) is 0 Å². The summed E-state index contributed by atoms with van der Waals surface area (Å²) < 4.78 is 1.46. The first-order valence-electron chi connectivity index (χ1n) is 11.4. The SMILES string of the molecule is CN(C)C(=O)c1ccc(NC(=O)c2ccc(-n3ccccc3=O)cc2)c(NC(=O)c2ccc(Cl)c(Cl)c2)c1. The molecule has 38 heavy (non-hydrogen) atoms. The lowest BCUT2D eigenvalue weighted by Gasteiger charge is -2.16. The van der Waals surface area contributed by atoms with Crippen molar-refractivity contribution in [2.24, 2.45) is 0 Å². The predicted octanol–water partition coefficient (Wildman–Crippen LogP) is 5.35. The fourth-order valence-corrected chi connectivity index (χ4v) is 3.89. The lowest BCUT2D eigenvalue weighted by atomic mass is 10.1. The molecule has 0 saturated carbocycles. The Hall–Kier alpha value is -4.40. The predicted molar refractivity (Wildman–Crippen MR) is 149 cm³/mol. The van der Waals surface area contributed by atoms with Gasteiger partial charge in [-0.15, -0.1) is 0 Å². The van der Waals surface area contributed by atoms with E-state index in [2.05, 4.69) is 10.6 Å². The first kappa shape index (κ1) is 26.7. The van der Waals surface area contributed by atoms with Crippen LogP contribution in [0.3, 0.4) is 0 Å². The topological polar surface area (TPSA) is 101 Å². The zero-order valence-corrected chi connectivity index (χ0v) is 21.9. The van der Waals surface area contributed by atoms with Gasteiger partial charge in [0.05, 0.1) is 21.4 Å². The highest BCUT2D eigenvalue weighted by Crippen LogP contribution is 2.27. The van der Waals surface area contributed by atoms with Gasteiger partial charge in [0.1, 0.15) is 0 Å². The monoisotopic (exact) mass is 548 g/mol. The number of hydrogen-bond acceptors (Lipinski definition) is 4. The molecule has 2 N–H and O–H groups in total. The van der Waals surface area contributed by atoms with E-state index in [4.69, 9.17) is 23.2 Å². The van der Waals surface area contributed by atoms with Crippen molar-refractivity contribution in [3.63, 3.8) is 0 Å². The molecule has 192 valence electrons. The standard InChI is InChI=1S/C28H22Cl2N4O4/c1-33(2)28(38)19-9-13-23(24(16-19)32-27(37)18-8-12-21(29)22(30)15-18)31-26(36)17-6-10-20(11-7-17)34-14-4-3-5-25(34)35/h3-16H,1-2H3,(H,31,36)(H,32,37). The van der Waals surface area contributed by atoms with Crippen molar-refractivity contribution in [2.45, 2.75) is 0 Å². The molecule has 0 radical (unpaired) electrons. The van der Waals surface area contributed by atoms with Crippen molar-refractivity contribution < 1.29 is 14.4 Å². The molecule has 3 amide bonds. The van der Waals surface area contributed by atoms with Gasteiger partial charge in [-0.25, -0.2) is 0 Å². The van der Waals surface area contributed by atoms with Gasteiger partial charge in [0, 0.05) is 48.7 Å². The highest BCUT2D eigenvalue weighted by Gasteiger charge is 2.17. The lowest BCUT2D eigenvalue weighted by molar-refractivity contribution is 0.0827. The van der Waals surface area contributed by atoms with Gasteiger partial charge in [-0.05, 0) is 66.7 Å². The van der Waals surface area contributed by atoms with Gasteiger partial charge in [0.25, 0.3) is 23.3 Å². The van der Waals surface area contributed by atoms with Crippen molar-refractivity contribution in [1.82, 2.24) is 9.47 Å². The van der Waals surface area contributed by atoms with Gasteiger partial charge >= 0.3 is 0 Å². The van der Waals surface area contributed by atoms with Gasteiger partial charge in [-0.3, -0.25) is 23.7 Å². The van der Waals surface area contributed by atoms with E-state index in [-0.39, 0.29) is 33.4 Å². The summed E-state index contributed by atoms with van der Waals surface area (Å²) >= 11 is 12.0. The number of nitrogens with zero attached hydrogens (tertiary/aromatic N) is 2. The molecule has 8 nitrogen and oxygen atoms in total. The van der Waals surface area contributed by atoms with Crippen LogP contribution >= 0.6 is 23.2 Å². The van der Waals surface area contributed by atoms with E-state index in [0.717, 1.165) is 0 Å². The number of carbonyl (C=O) groups excluding carboxylic acids is 3. The normalized spacial score (nSPS) is 10.5. The first-order valence-corrected chi connectivity index (χ1v) is 12.1. The second kappa shape index (κ2) is 11.3. The minimum absolute atomic E-state index is 0.195. The zero-order chi connectivity index (χ0) is 27.4. The molecule has 1 aromatic heterocycles. The van der Waals surface area contributed by atoms with E-state index in [9.17, 15) is 19.2 Å². The molecule has 0 bridgehead atoms. The molecule has 4 rings (SSSR count). The molecular weight excluding hydrogens is 527 g/mol. The van der Waals surface area contributed by atoms with Gasteiger partial charge in [-0.1, -0.05) is 29.3 Å². The molecule has 4 aromatic rings. The molecule has 0 atom stereocenters. The largest absolute Gasteiger partial charge is 0.345 e. The third kappa shape index (κ3) is 5.94. The van der Waals surface area contributed by atoms with Crippen LogP contribution < -0.4 is 16.2 Å². The summed E-state index contributed by atoms with van der Waals surface area (Å²) in [5.41, 5.74) is 1.79. The number of benzene rings is 3. The number of hydrogen-bond donors (Lipinski definition) is 2. The van der Waals surface area contributed by atoms with E-state index in [1.54, 1.807) is 62.8 Å². The number of nitrogens with one attached hydrogen (secondary N) is 2. The van der Waals surface area contributed by atoms with Crippen LogP contribution in [-0.2, 0) is 0 Å². The number of amides is 3. The third-order valence-corrected chi connectivity index (χ3v) is 6.32. The van der Waals surface area contributed by atoms with Gasteiger partial charge in [0.2, 0.25) is 0 Å². The summed E-state index contributed by atoms with van der Waals surface area (Å²) in [7, 11) is 3.22. The Morgan fingerprint density at radius 3 is 2.00 bits per heavy atom. The van der Waals surface area contributed by atoms with E-state index >= 15 is 0 Å². The van der Waals surface area contributed by atoms with Crippen LogP contribution in [0.5, 0.6) is 0 Å². The molecule has 0 unspecified atom stereocenters. The summed E-state index contributed by atoms with van der Waals surface area (Å²) in [6, 6.07) is 20.3. The second-order valence-corrected chi connectivity index (χ2v) is 9.27. The number of aromatic nitrogens is 1. The average molecular weight is 549 g/mol. The molecule has 0 spiro atoms. The average Bonchev–Trinajstić information content (AvgIpc) is 2.91. The molecule has 0 aliphatic carbocycles. The summed E-state index contributed by atoms with van der Waals surface area (Å²) in [6.07, 6.45) is 1.64. The molecule has 1 heterocycles. The van der Waals surface area contributed by atoms with Crippen LogP contribution in [0, 0.1) is 0 Å². The fraction of sp³-hybridized carbons (Fsp3) is 0.0714. The molecule has 10 heteroatoms. The van der Waals surface area contributed by atoms with E-state index < -0.39 is 11.8 Å². The Morgan fingerprint density at radius 2 is 1.34 bits per heavy atom. The maximum atomic E-state index is 13.0. The maximum absolute atomic E-state index is 13.0. The highest BCUT2D eigenvalue weighted by molar-refractivity contribution is 6.42. The van der Waals surface area contributed by atoms with Crippen LogP contribution in [0.25, 0.3) is 5.69 Å². The van der Waals surface area contributed by atoms with Crippen molar-refractivity contribution in [3.05, 3.63) is 122 Å². The van der Waals surface area contributed by atoms with E-state index in [1.165, 1.54) is 45.9 Å². The van der Waals surface area contributed by atoms with Crippen LogP contribution in [0.1, 0.15) is 31.1 Å². The third-order valence-electron chi connectivity index (χ3n) is 5.58. The molecule has 0 aliphatic heterocycles. The Morgan fingerprint density at radius 1 is 0.711 bits per heavy atom. The summed E-state index contributed by atoms with van der Waals surface area (Å²) in [5, 5.41) is 6.03. The number of rotatable bonds is 6. The Bertz CT molecular complexity index is 1600. The molecule has 3 aromatic carbocycles. The Balaban J connectivity index is 1.62. The Labute approximate surface area is 228 Å². The fourth-order valence-electron chi connectivity index (χ4n) is 3.59. The number of pyridine rings is 1. The second-order valence-electron chi connectivity index (χ2n) is 8.45. The smallest absolute Gasteiger partial charge is 0.255 e. The Kier molecular flexibility index (Phi) is 7.95. The van der Waals surface area contributed by atoms with E-state index in [0.29, 0.717) is 21.8 Å². The number of carbonyl (C=O) groups is 3. The number of anilines is 2. The van der Waals surface area contributed by atoms with Crippen molar-refractivity contribution in [1.29, 1.82) is 0 Å². The minimum Gasteiger partial charge on any atom is -0.345 e. The maximum Gasteiger partial charge on any atom is 0.255 e. The zero-order valence-electron chi connectivity index (χ0n) is 20.4.